The first-order valence-corrected chi connectivity index (χ1v) is 30.5. The van der Waals surface area contributed by atoms with Gasteiger partial charge in [0.15, 0.2) is 11.9 Å². The maximum absolute atomic E-state index is 13.6. The lowest BCUT2D eigenvalue weighted by Crippen LogP contribution is -2.75. The molecule has 25 nitrogen and oxygen atoms in total. The molecule has 11 rings (SSSR count). The van der Waals surface area contributed by atoms with Gasteiger partial charge in [0.05, 0.1) is 88.7 Å². The lowest BCUT2D eigenvalue weighted by atomic mass is 9.77. The van der Waals surface area contributed by atoms with Crippen molar-refractivity contribution in [2.24, 2.45) is 4.99 Å². The molecule has 1 aromatic heterocycles. The van der Waals surface area contributed by atoms with Crippen LogP contribution in [0.1, 0.15) is 64.6 Å². The number of phenols is 2. The highest BCUT2D eigenvalue weighted by Crippen LogP contribution is 2.57. The topological polar surface area (TPSA) is 314 Å². The molecule has 4 fully saturated rings. The number of nitrogens with one attached hydrogen (secondary N) is 2. The minimum absolute atomic E-state index is 0.0629. The Kier molecular flexibility index (Phi) is 20.4. The summed E-state index contributed by atoms with van der Waals surface area (Å²) in [4.78, 5) is 44.6. The van der Waals surface area contributed by atoms with Crippen LogP contribution in [0.3, 0.4) is 0 Å². The van der Waals surface area contributed by atoms with E-state index in [1.165, 1.54) is 55.5 Å². The number of aromatic hydroxyl groups is 2. The second-order valence-electron chi connectivity index (χ2n) is 24.2. The largest absolute Gasteiger partial charge is 0.508 e. The molecule has 4 saturated heterocycles. The van der Waals surface area contributed by atoms with Gasteiger partial charge in [-0.2, -0.15) is 0 Å². The summed E-state index contributed by atoms with van der Waals surface area (Å²) in [5.74, 6) is -0.791. The van der Waals surface area contributed by atoms with Crippen LogP contribution < -0.4 is 15.4 Å². The average Bonchev–Trinajstić information content (AvgIpc) is 1.50. The van der Waals surface area contributed by atoms with Gasteiger partial charge in [-0.15, -0.1) is 5.10 Å². The first kappa shape index (κ1) is 64.3. The number of aliphatic hydroxyl groups excluding tert-OH is 4. The summed E-state index contributed by atoms with van der Waals surface area (Å²) in [6.45, 7) is 17.0. The lowest BCUT2D eigenvalue weighted by Gasteiger charge is -2.55. The first-order chi connectivity index (χ1) is 42.2. The third kappa shape index (κ3) is 15.3. The minimum Gasteiger partial charge on any atom is -0.508 e. The number of anilines is 1. The number of piperazine rings is 3. The number of aliphatic hydroxyl groups is 4. The van der Waals surface area contributed by atoms with Crippen molar-refractivity contribution in [3.63, 3.8) is 0 Å². The monoisotopic (exact) mass is 1240 g/mol. The van der Waals surface area contributed by atoms with E-state index in [1.807, 2.05) is 0 Å². The van der Waals surface area contributed by atoms with Crippen molar-refractivity contribution in [3.05, 3.63) is 124 Å². The Morgan fingerprint density at radius 1 is 0.773 bits per heavy atom. The lowest BCUT2D eigenvalue weighted by molar-refractivity contribution is -1.08. The summed E-state index contributed by atoms with van der Waals surface area (Å²) in [6.07, 6.45) is -3.59. The zero-order valence-electron chi connectivity index (χ0n) is 49.8. The fraction of sp³-hybridized carbons (Fsp3) is 0.516. The van der Waals surface area contributed by atoms with Gasteiger partial charge in [-0.1, -0.05) is 44.8 Å². The van der Waals surface area contributed by atoms with Crippen LogP contribution in [0.25, 0.3) is 0 Å². The Hall–Kier alpha value is -6.71. The molecule has 88 heavy (non-hydrogen) atoms. The number of phenolic OH excluding ortho intramolecular Hbond substituents is 2. The number of esters is 1. The Balaban J connectivity index is 0.606. The molecule has 2 amide bonds. The van der Waals surface area contributed by atoms with Gasteiger partial charge in [0, 0.05) is 53.5 Å². The predicted octanol–water partition coefficient (Wildman–Crippen LogP) is 2.92. The van der Waals surface area contributed by atoms with Gasteiger partial charge in [0.25, 0.3) is 0 Å². The number of fused-ring (bicyclic) bond motifs is 9. The van der Waals surface area contributed by atoms with Crippen molar-refractivity contribution >= 4 is 38.3 Å². The number of hydrogen-bond acceptors (Lipinski definition) is 20. The number of rotatable bonds is 27. The van der Waals surface area contributed by atoms with Gasteiger partial charge in [-0.3, -0.25) is 9.79 Å². The molecular weight excluding hydrogens is 1160 g/mol. The van der Waals surface area contributed by atoms with Crippen LogP contribution in [0.5, 0.6) is 23.0 Å². The highest BCUT2D eigenvalue weighted by atomic mass is 31.0. The fourth-order valence-electron chi connectivity index (χ4n) is 12.0. The van der Waals surface area contributed by atoms with Crippen molar-refractivity contribution in [1.82, 2.24) is 20.3 Å². The molecule has 6 aliphatic heterocycles. The SMILES string of the molecule is CC(C)(C)OC(=O)N[C@@H](Cc1cn(CCOCCOCCOCC[N+]23CC[N+](CCc4ccc(CCO[C@@H]5O[C@H](CO)[C@@H](O)[C@H](O)[C@H]5O)cc4)(CC2)CC3)nn1)C(P)=NCC(=O)Nc1ccc2c(c1)C(=O)OC21c2ccc(O)cc2Oc2cc(O)ccc21. The van der Waals surface area contributed by atoms with Gasteiger partial charge >= 0.3 is 12.1 Å². The number of carbonyl (C=O) groups excluding carboxylic acids is 3. The number of aromatic nitrogens is 3. The summed E-state index contributed by atoms with van der Waals surface area (Å²) in [6, 6.07) is 21.6. The van der Waals surface area contributed by atoms with Crippen LogP contribution in [0.2, 0.25) is 0 Å². The van der Waals surface area contributed by atoms with Crippen LogP contribution in [0.4, 0.5) is 10.5 Å². The quantitative estimate of drug-likeness (QED) is 0.0123. The number of aliphatic imine (C=N–C) groups is 1. The number of nitrogens with zero attached hydrogens (tertiary/aromatic N) is 6. The average molecular weight is 1240 g/mol. The van der Waals surface area contributed by atoms with E-state index in [9.17, 15) is 45.0 Å². The summed E-state index contributed by atoms with van der Waals surface area (Å²) in [7, 11) is 2.49. The van der Waals surface area contributed by atoms with Crippen molar-refractivity contribution in [3.8, 4) is 23.0 Å². The summed E-state index contributed by atoms with van der Waals surface area (Å²) in [5.41, 5.74) is 2.95. The molecule has 0 aliphatic carbocycles. The second-order valence-corrected chi connectivity index (χ2v) is 24.7. The van der Waals surface area contributed by atoms with E-state index in [4.69, 9.17) is 37.9 Å². The molecule has 1 spiro atoms. The zero-order chi connectivity index (χ0) is 62.2. The summed E-state index contributed by atoms with van der Waals surface area (Å²) in [5, 5.41) is 74.4. The molecule has 6 aliphatic rings. The second kappa shape index (κ2) is 28.0. The van der Waals surface area contributed by atoms with E-state index in [-0.39, 0.29) is 48.1 Å². The van der Waals surface area contributed by atoms with Crippen molar-refractivity contribution < 1.29 is 91.9 Å². The maximum atomic E-state index is 13.6. The van der Waals surface area contributed by atoms with Crippen LogP contribution in [0, 0.1) is 0 Å². The summed E-state index contributed by atoms with van der Waals surface area (Å²) >= 11 is 0. The van der Waals surface area contributed by atoms with Crippen LogP contribution >= 0.6 is 9.24 Å². The number of quaternary nitrogens is 2. The predicted molar refractivity (Wildman–Crippen MR) is 321 cm³/mol. The smallest absolute Gasteiger partial charge is 0.408 e. The number of hydrogen-bond donors (Lipinski definition) is 8. The van der Waals surface area contributed by atoms with Crippen LogP contribution in [-0.4, -0.2) is 232 Å². The Bertz CT molecular complexity index is 3210. The molecule has 474 valence electrons. The van der Waals surface area contributed by atoms with Crippen molar-refractivity contribution in [2.75, 3.05) is 117 Å². The molecule has 0 radical (unpaired) electrons. The van der Waals surface area contributed by atoms with E-state index >= 15 is 0 Å². The fourth-order valence-corrected chi connectivity index (χ4v) is 12.3. The Morgan fingerprint density at radius 3 is 2.01 bits per heavy atom. The van der Waals surface area contributed by atoms with E-state index in [2.05, 4.69) is 59.4 Å². The van der Waals surface area contributed by atoms with Crippen molar-refractivity contribution in [2.45, 2.75) is 94.5 Å². The molecule has 0 saturated carbocycles. The molecule has 7 heterocycles. The van der Waals surface area contributed by atoms with Crippen LogP contribution in [-0.2, 0) is 69.4 Å². The third-order valence-electron chi connectivity index (χ3n) is 17.0. The highest BCUT2D eigenvalue weighted by molar-refractivity contribution is 7.41. The molecule has 7 atom stereocenters. The number of amides is 2. The Labute approximate surface area is 512 Å². The molecule has 26 heteroatoms. The highest BCUT2D eigenvalue weighted by Gasteiger charge is 2.54. The molecule has 4 aromatic carbocycles. The van der Waals surface area contributed by atoms with E-state index in [1.54, 1.807) is 55.9 Å². The third-order valence-corrected chi connectivity index (χ3v) is 17.6. The number of benzene rings is 4. The molecule has 5 aromatic rings. The standard InChI is InChI=1S/C62H79N8O17P/c1-61(2,3)87-60(79)65-49(57(88)63-36-53(74)64-41-8-11-46-45(32-41)58(78)86-62(46)47-12-9-43(72)34-50(47)84-51-35-44(73)10-13-48(51)62)33-42-37-68(67-66-42)16-26-80-28-30-82-31-29-81-27-24-70-21-18-69(19-22-70,20-23-70)17-14-39-4-6-40(7-5-39)15-25-83-59-56(77)55(76)54(75)52(38-71)85-59/h4-13,32,34-35,37,49,52,54-56,59,71,75-77H,14-31,33,36,38,88H2,1-3H3,(H2-2,64,65,72,73,74,79)/p+2/t49-,52+,54+,55-,56+,59+,69?,70?/m0/s1. The molecule has 8 N–H and O–H groups in total. The maximum Gasteiger partial charge on any atom is 0.408 e. The van der Waals surface area contributed by atoms with Gasteiger partial charge in [0.2, 0.25) is 5.91 Å². The van der Waals surface area contributed by atoms with Gasteiger partial charge in [0.1, 0.15) is 105 Å². The summed E-state index contributed by atoms with van der Waals surface area (Å²) < 4.78 is 50.4. The van der Waals surface area contributed by atoms with E-state index in [0.29, 0.717) is 86.1 Å². The number of alkyl carbamates (subject to hydrolysis) is 1. The number of carbonyl (C=O) groups is 3. The minimum atomic E-state index is -1.46. The van der Waals surface area contributed by atoms with Gasteiger partial charge < -0.3 is 88.1 Å². The van der Waals surface area contributed by atoms with E-state index < -0.39 is 72.5 Å². The number of ether oxygens (including phenoxy) is 8. The Morgan fingerprint density at radius 2 is 1.38 bits per heavy atom. The van der Waals surface area contributed by atoms with Gasteiger partial charge in [-0.25, -0.2) is 14.3 Å². The molecular formula is C62H81N8O17P+2. The van der Waals surface area contributed by atoms with Gasteiger partial charge in [-0.05, 0) is 74.7 Å². The zero-order valence-corrected chi connectivity index (χ0v) is 51.0. The van der Waals surface area contributed by atoms with Crippen LogP contribution in [0.15, 0.2) is 90.1 Å². The normalized spacial score (nSPS) is 23.8. The first-order valence-electron chi connectivity index (χ1n) is 29.9. The molecule has 2 bridgehead atoms. The molecule has 1 unspecified atom stereocenters. The van der Waals surface area contributed by atoms with Crippen molar-refractivity contribution in [1.29, 1.82) is 0 Å². The van der Waals surface area contributed by atoms with E-state index in [0.717, 1.165) is 53.7 Å².